The summed E-state index contributed by atoms with van der Waals surface area (Å²) in [5.74, 6) is 0.115. The molecule has 0 amide bonds. The highest BCUT2D eigenvalue weighted by Crippen LogP contribution is 2.52. The van der Waals surface area contributed by atoms with Gasteiger partial charge in [-0.05, 0) is 78.9 Å². The molecule has 1 aliphatic carbocycles. The molecule has 2 nitrogen and oxygen atoms in total. The van der Waals surface area contributed by atoms with Crippen molar-refractivity contribution in [3.63, 3.8) is 0 Å². The van der Waals surface area contributed by atoms with E-state index in [1.807, 2.05) is 12.1 Å². The van der Waals surface area contributed by atoms with Crippen LogP contribution in [0, 0.1) is 0 Å². The van der Waals surface area contributed by atoms with Gasteiger partial charge in [-0.15, -0.1) is 0 Å². The topological polar surface area (TPSA) is 26.3 Å². The molecular formula is C65H46O2. The van der Waals surface area contributed by atoms with Crippen LogP contribution in [0.3, 0.4) is 0 Å². The van der Waals surface area contributed by atoms with Crippen LogP contribution in [0.4, 0.5) is 0 Å². The van der Waals surface area contributed by atoms with Crippen LogP contribution in [0.5, 0.6) is 0 Å². The smallest absolute Gasteiger partial charge is 0.143 e. The van der Waals surface area contributed by atoms with E-state index in [0.717, 1.165) is 66.1 Å². The molecule has 2 aromatic heterocycles. The summed E-state index contributed by atoms with van der Waals surface area (Å²) in [5, 5.41) is 4.58. The summed E-state index contributed by atoms with van der Waals surface area (Å²) in [4.78, 5) is 0. The number of hydrogen-bond donors (Lipinski definition) is 0. The van der Waals surface area contributed by atoms with Crippen molar-refractivity contribution in [1.29, 1.82) is 0 Å². The summed E-state index contributed by atoms with van der Waals surface area (Å²) in [6, 6.07) is 84.2. The zero-order valence-corrected chi connectivity index (χ0v) is 37.4. The van der Waals surface area contributed by atoms with Gasteiger partial charge in [0.05, 0.1) is 0 Å². The Hall–Kier alpha value is -8.20. The highest BCUT2D eigenvalue weighted by Gasteiger charge is 2.37. The molecule has 0 radical (unpaired) electrons. The van der Waals surface area contributed by atoms with Gasteiger partial charge in [0.15, 0.2) is 0 Å². The van der Waals surface area contributed by atoms with Crippen molar-refractivity contribution >= 4 is 43.9 Å². The van der Waals surface area contributed by atoms with Crippen molar-refractivity contribution in [3.8, 4) is 33.4 Å². The van der Waals surface area contributed by atoms with Gasteiger partial charge in [-0.3, -0.25) is 0 Å². The van der Waals surface area contributed by atoms with E-state index in [-0.39, 0.29) is 17.3 Å². The number of para-hydroxylation sites is 4. The van der Waals surface area contributed by atoms with Crippen LogP contribution >= 0.6 is 0 Å². The largest absolute Gasteiger partial charge is 0.455 e. The number of furan rings is 2. The van der Waals surface area contributed by atoms with Crippen LogP contribution in [0.25, 0.3) is 77.3 Å². The normalized spacial score (nSPS) is 13.8. The third kappa shape index (κ3) is 6.39. The molecule has 2 unspecified atom stereocenters. The third-order valence-electron chi connectivity index (χ3n) is 14.6. The standard InChI is InChI=1S/C65H46O2/c1-65(2)57-39-47(61(43-15-5-3-6-16-43)45-31-27-41(28-32-45)49-21-13-23-55-53-19-9-11-25-59(53)66-63(49)55)35-37-51(57)52-38-36-48(40-58(52)65)62(44-17-7-4-8-18-44)46-33-29-42(30-34-46)50-22-14-24-56-54-20-10-12-26-60(54)67-64(50)56/h3-40,61-62H,1-2H3. The Morgan fingerprint density at radius 2 is 0.657 bits per heavy atom. The SMILES string of the molecule is CC1(C)c2cc(C(c3ccccc3)c3ccc(-c4cccc5c4oc4ccccc45)cc3)ccc2-c2ccc(C(c3ccccc3)c3ccc(-c4cccc5c4oc4ccccc45)cc3)cc21. The fourth-order valence-corrected chi connectivity index (χ4v) is 11.2. The van der Waals surface area contributed by atoms with E-state index in [9.17, 15) is 0 Å². The van der Waals surface area contributed by atoms with Gasteiger partial charge in [-0.1, -0.05) is 232 Å². The van der Waals surface area contributed by atoms with Crippen molar-refractivity contribution < 1.29 is 8.83 Å². The lowest BCUT2D eigenvalue weighted by molar-refractivity contribution is 0.657. The van der Waals surface area contributed by atoms with E-state index in [1.54, 1.807) is 0 Å². The number of benzene rings is 10. The minimum absolute atomic E-state index is 0.0573. The van der Waals surface area contributed by atoms with Crippen LogP contribution in [0.15, 0.2) is 239 Å². The van der Waals surface area contributed by atoms with Gasteiger partial charge in [0, 0.05) is 49.9 Å². The predicted molar refractivity (Wildman–Crippen MR) is 277 cm³/mol. The number of hydrogen-bond acceptors (Lipinski definition) is 2. The Labute approximate surface area is 390 Å². The van der Waals surface area contributed by atoms with Crippen molar-refractivity contribution in [3.05, 3.63) is 275 Å². The molecule has 0 spiro atoms. The average molecular weight is 859 g/mol. The Morgan fingerprint density at radius 3 is 1.09 bits per heavy atom. The Kier molecular flexibility index (Phi) is 9.05. The third-order valence-corrected chi connectivity index (χ3v) is 14.6. The van der Waals surface area contributed by atoms with E-state index in [0.29, 0.717) is 0 Å². The molecule has 10 aromatic carbocycles. The van der Waals surface area contributed by atoms with Crippen molar-refractivity contribution in [1.82, 2.24) is 0 Å². The highest BCUT2D eigenvalue weighted by atomic mass is 16.3. The molecule has 2 heterocycles. The number of rotatable bonds is 8. The van der Waals surface area contributed by atoms with Gasteiger partial charge in [0.1, 0.15) is 22.3 Å². The minimum Gasteiger partial charge on any atom is -0.455 e. The lowest BCUT2D eigenvalue weighted by Gasteiger charge is -2.26. The van der Waals surface area contributed by atoms with Crippen LogP contribution in [0.1, 0.15) is 70.2 Å². The molecule has 2 atom stereocenters. The maximum absolute atomic E-state index is 6.44. The molecule has 0 saturated carbocycles. The molecule has 2 heteroatoms. The quantitative estimate of drug-likeness (QED) is 0.142. The van der Waals surface area contributed by atoms with Gasteiger partial charge < -0.3 is 8.83 Å². The van der Waals surface area contributed by atoms with Gasteiger partial charge in [-0.2, -0.15) is 0 Å². The Morgan fingerprint density at radius 1 is 0.299 bits per heavy atom. The zero-order valence-electron chi connectivity index (χ0n) is 37.4. The first-order valence-electron chi connectivity index (χ1n) is 23.4. The molecule has 67 heavy (non-hydrogen) atoms. The molecule has 0 fully saturated rings. The van der Waals surface area contributed by atoms with Crippen LogP contribution in [-0.2, 0) is 5.41 Å². The molecule has 0 bridgehead atoms. The molecule has 0 aliphatic heterocycles. The van der Waals surface area contributed by atoms with E-state index in [1.165, 1.54) is 55.6 Å². The zero-order chi connectivity index (χ0) is 44.6. The maximum Gasteiger partial charge on any atom is 0.143 e. The summed E-state index contributed by atoms with van der Waals surface area (Å²) in [6.07, 6.45) is 0. The second kappa shape index (κ2) is 15.5. The summed E-state index contributed by atoms with van der Waals surface area (Å²) in [6.45, 7) is 4.81. The molecule has 1 aliphatic rings. The number of fused-ring (bicyclic) bond motifs is 9. The van der Waals surface area contributed by atoms with Gasteiger partial charge in [-0.25, -0.2) is 0 Å². The molecule has 12 aromatic rings. The first-order valence-corrected chi connectivity index (χ1v) is 23.4. The fourth-order valence-electron chi connectivity index (χ4n) is 11.2. The lowest BCUT2D eigenvalue weighted by atomic mass is 9.77. The molecule has 0 N–H and O–H groups in total. The van der Waals surface area contributed by atoms with E-state index < -0.39 is 0 Å². The van der Waals surface area contributed by atoms with Crippen molar-refractivity contribution in [2.24, 2.45) is 0 Å². The van der Waals surface area contributed by atoms with Gasteiger partial charge >= 0.3 is 0 Å². The molecule has 318 valence electrons. The summed E-state index contributed by atoms with van der Waals surface area (Å²) in [5.41, 5.74) is 21.0. The molecule has 13 rings (SSSR count). The Bertz CT molecular complexity index is 3560. The van der Waals surface area contributed by atoms with Crippen molar-refractivity contribution in [2.75, 3.05) is 0 Å². The first kappa shape index (κ1) is 39.2. The van der Waals surface area contributed by atoms with Crippen LogP contribution in [-0.4, -0.2) is 0 Å². The van der Waals surface area contributed by atoms with E-state index in [4.69, 9.17) is 8.83 Å². The van der Waals surface area contributed by atoms with Crippen LogP contribution in [0.2, 0.25) is 0 Å². The summed E-state index contributed by atoms with van der Waals surface area (Å²) in [7, 11) is 0. The Balaban J connectivity index is 0.856. The van der Waals surface area contributed by atoms with E-state index in [2.05, 4.69) is 232 Å². The summed E-state index contributed by atoms with van der Waals surface area (Å²) < 4.78 is 12.9. The van der Waals surface area contributed by atoms with E-state index >= 15 is 0 Å². The first-order chi connectivity index (χ1) is 33.0. The predicted octanol–water partition coefficient (Wildman–Crippen LogP) is 17.5. The fraction of sp³-hybridized carbons (Fsp3) is 0.0769. The summed E-state index contributed by atoms with van der Waals surface area (Å²) >= 11 is 0. The lowest BCUT2D eigenvalue weighted by Crippen LogP contribution is -2.16. The average Bonchev–Trinajstić information content (AvgIpc) is 4.03. The molecular weight excluding hydrogens is 813 g/mol. The second-order valence-corrected chi connectivity index (χ2v) is 18.7. The van der Waals surface area contributed by atoms with Gasteiger partial charge in [0.25, 0.3) is 0 Å². The molecule has 0 saturated heterocycles. The van der Waals surface area contributed by atoms with Crippen molar-refractivity contribution in [2.45, 2.75) is 31.1 Å². The van der Waals surface area contributed by atoms with Crippen LogP contribution < -0.4 is 0 Å². The highest BCUT2D eigenvalue weighted by molar-refractivity contribution is 6.10. The van der Waals surface area contributed by atoms with Gasteiger partial charge in [0.2, 0.25) is 0 Å². The second-order valence-electron chi connectivity index (χ2n) is 18.7. The minimum atomic E-state index is -0.219. The maximum atomic E-state index is 6.44. The monoisotopic (exact) mass is 858 g/mol.